The zero-order valence-electron chi connectivity index (χ0n) is 14.2. The quantitative estimate of drug-likeness (QED) is 0.550. The number of nitrogens with zero attached hydrogens (tertiary/aromatic N) is 2. The van der Waals surface area contributed by atoms with Crippen molar-refractivity contribution in [1.29, 1.82) is 0 Å². The van der Waals surface area contributed by atoms with Crippen molar-refractivity contribution in [2.75, 3.05) is 12.1 Å². The first-order valence-corrected chi connectivity index (χ1v) is 7.83. The number of rotatable bonds is 6. The minimum absolute atomic E-state index is 0.0785. The average Bonchev–Trinajstić information content (AvgIpc) is 2.94. The van der Waals surface area contributed by atoms with Gasteiger partial charge in [-0.1, -0.05) is 6.92 Å². The highest BCUT2D eigenvalue weighted by molar-refractivity contribution is 5.66. The molecule has 10 heteroatoms. The molecule has 1 saturated heterocycles. The number of anilines is 1. The van der Waals surface area contributed by atoms with Gasteiger partial charge in [0, 0.05) is 32.0 Å². The van der Waals surface area contributed by atoms with E-state index in [1.165, 1.54) is 24.6 Å². The number of aromatic nitrogens is 2. The number of carbonyl (C=O) groups excluding carboxylic acids is 2. The molecule has 25 heavy (non-hydrogen) atoms. The van der Waals surface area contributed by atoms with E-state index in [2.05, 4.69) is 4.98 Å². The first-order chi connectivity index (χ1) is 11.8. The molecule has 3 atom stereocenters. The molecule has 1 aliphatic heterocycles. The fraction of sp³-hybridized carbons (Fsp3) is 0.600. The minimum Gasteiger partial charge on any atom is -0.463 e. The van der Waals surface area contributed by atoms with Crippen molar-refractivity contribution in [2.24, 2.45) is 0 Å². The Bertz CT molecular complexity index is 703. The van der Waals surface area contributed by atoms with Crippen LogP contribution in [0.3, 0.4) is 0 Å². The van der Waals surface area contributed by atoms with E-state index in [9.17, 15) is 14.4 Å². The van der Waals surface area contributed by atoms with E-state index in [0.29, 0.717) is 12.0 Å². The first-order valence-electron chi connectivity index (χ1n) is 7.83. The van der Waals surface area contributed by atoms with E-state index in [1.54, 1.807) is 0 Å². The van der Waals surface area contributed by atoms with Gasteiger partial charge in [-0.3, -0.25) is 24.8 Å². The molecule has 0 amide bonds. The lowest BCUT2D eigenvalue weighted by Crippen LogP contribution is -2.31. The molecule has 0 spiro atoms. The summed E-state index contributed by atoms with van der Waals surface area (Å²) in [5.41, 5.74) is 1.87. The van der Waals surface area contributed by atoms with Crippen LogP contribution in [0.4, 0.5) is 5.82 Å². The topological polar surface area (TPSA) is 129 Å². The summed E-state index contributed by atoms with van der Waals surface area (Å²) >= 11 is 0. The maximum Gasteiger partial charge on any atom is 0.351 e. The van der Waals surface area contributed by atoms with Crippen LogP contribution in [0.15, 0.2) is 11.0 Å². The molecule has 0 aliphatic carbocycles. The molecule has 1 aromatic rings. The third-order valence-corrected chi connectivity index (χ3v) is 3.77. The Morgan fingerprint density at radius 3 is 2.72 bits per heavy atom. The molecule has 138 valence electrons. The van der Waals surface area contributed by atoms with Gasteiger partial charge in [-0.05, 0) is 6.42 Å². The van der Waals surface area contributed by atoms with E-state index in [-0.39, 0.29) is 18.8 Å². The Morgan fingerprint density at radius 2 is 2.16 bits per heavy atom. The third-order valence-electron chi connectivity index (χ3n) is 3.77. The molecule has 10 nitrogen and oxygen atoms in total. The van der Waals surface area contributed by atoms with Crippen LogP contribution in [0, 0.1) is 0 Å². The van der Waals surface area contributed by atoms with Crippen LogP contribution in [0.25, 0.3) is 0 Å². The standard InChI is InChI=1S/C15H21N3O7/c1-4-10-6-18(15(21)16-14(10)17-22)13-5-11(24-9(3)20)12(25-13)7-23-8(2)19/h6,11-13,22H,4-5,7H2,1-3H3,(H,16,17,21)/t11-,12+,13+/m0/s1. The van der Waals surface area contributed by atoms with Crippen LogP contribution in [0.1, 0.15) is 39.0 Å². The molecule has 1 aromatic heterocycles. The van der Waals surface area contributed by atoms with E-state index >= 15 is 0 Å². The van der Waals surface area contributed by atoms with E-state index in [0.717, 1.165) is 0 Å². The summed E-state index contributed by atoms with van der Waals surface area (Å²) in [6.07, 6.45) is 0.176. The van der Waals surface area contributed by atoms with E-state index in [4.69, 9.17) is 19.4 Å². The van der Waals surface area contributed by atoms with Gasteiger partial charge in [0.15, 0.2) is 5.82 Å². The zero-order chi connectivity index (χ0) is 18.6. The summed E-state index contributed by atoms with van der Waals surface area (Å²) in [5, 5.41) is 9.04. The molecular formula is C15H21N3O7. The first kappa shape index (κ1) is 18.9. The molecular weight excluding hydrogens is 334 g/mol. The van der Waals surface area contributed by atoms with Crippen LogP contribution in [0.5, 0.6) is 0 Å². The van der Waals surface area contributed by atoms with Gasteiger partial charge in [0.1, 0.15) is 25.0 Å². The summed E-state index contributed by atoms with van der Waals surface area (Å²) < 4.78 is 17.2. The van der Waals surface area contributed by atoms with Gasteiger partial charge in [0.05, 0.1) is 0 Å². The lowest BCUT2D eigenvalue weighted by Gasteiger charge is -2.18. The predicted molar refractivity (Wildman–Crippen MR) is 84.0 cm³/mol. The van der Waals surface area contributed by atoms with Crippen molar-refractivity contribution in [1.82, 2.24) is 9.55 Å². The molecule has 0 bridgehead atoms. The van der Waals surface area contributed by atoms with Gasteiger partial charge >= 0.3 is 17.6 Å². The smallest absolute Gasteiger partial charge is 0.351 e. The van der Waals surface area contributed by atoms with Crippen LogP contribution >= 0.6 is 0 Å². The van der Waals surface area contributed by atoms with Crippen LogP contribution in [-0.4, -0.2) is 45.5 Å². The normalized spacial score (nSPS) is 22.5. The van der Waals surface area contributed by atoms with Crippen LogP contribution < -0.4 is 11.2 Å². The number of ether oxygens (including phenoxy) is 3. The van der Waals surface area contributed by atoms with Gasteiger partial charge in [0.25, 0.3) is 0 Å². The molecule has 1 fully saturated rings. The number of carbonyl (C=O) groups is 2. The van der Waals surface area contributed by atoms with Crippen molar-refractivity contribution in [2.45, 2.75) is 52.0 Å². The zero-order valence-corrected chi connectivity index (χ0v) is 14.2. The monoisotopic (exact) mass is 355 g/mol. The van der Waals surface area contributed by atoms with Crippen LogP contribution in [-0.2, 0) is 30.2 Å². The van der Waals surface area contributed by atoms with Crippen molar-refractivity contribution in [3.05, 3.63) is 22.2 Å². The Balaban J connectivity index is 2.26. The third kappa shape index (κ3) is 4.54. The van der Waals surface area contributed by atoms with E-state index in [1.807, 2.05) is 12.4 Å². The van der Waals surface area contributed by atoms with Gasteiger partial charge in [-0.25, -0.2) is 4.79 Å². The summed E-state index contributed by atoms with van der Waals surface area (Å²) in [5.74, 6) is -0.907. The molecule has 0 unspecified atom stereocenters. The lowest BCUT2D eigenvalue weighted by molar-refractivity contribution is -0.155. The fourth-order valence-electron chi connectivity index (χ4n) is 2.63. The second-order valence-corrected chi connectivity index (χ2v) is 5.59. The molecule has 2 rings (SSSR count). The Morgan fingerprint density at radius 1 is 1.44 bits per heavy atom. The van der Waals surface area contributed by atoms with Crippen LogP contribution in [0.2, 0.25) is 0 Å². The SMILES string of the molecule is CCc1cn([C@H]2C[C@H](OC(C)=O)[C@@H](COC(C)=O)O2)c(=O)nc1NO. The molecule has 0 aromatic carbocycles. The number of aryl methyl sites for hydroxylation is 1. The highest BCUT2D eigenvalue weighted by atomic mass is 16.6. The minimum atomic E-state index is -0.733. The highest BCUT2D eigenvalue weighted by Crippen LogP contribution is 2.31. The molecule has 0 saturated carbocycles. The summed E-state index contributed by atoms with van der Waals surface area (Å²) in [4.78, 5) is 38.2. The lowest BCUT2D eigenvalue weighted by atomic mass is 10.2. The van der Waals surface area contributed by atoms with Gasteiger partial charge < -0.3 is 14.2 Å². The van der Waals surface area contributed by atoms with E-state index < -0.39 is 36.1 Å². The molecule has 0 radical (unpaired) electrons. The predicted octanol–water partition coefficient (Wildman–Crippen LogP) is 0.389. The molecule has 1 aliphatic rings. The largest absolute Gasteiger partial charge is 0.463 e. The summed E-state index contributed by atoms with van der Waals surface area (Å²) in [6.45, 7) is 4.27. The maximum absolute atomic E-state index is 12.2. The molecule has 2 heterocycles. The molecule has 2 N–H and O–H groups in total. The average molecular weight is 355 g/mol. The number of nitrogens with one attached hydrogen (secondary N) is 1. The van der Waals surface area contributed by atoms with Crippen molar-refractivity contribution in [3.8, 4) is 0 Å². The van der Waals surface area contributed by atoms with Crippen molar-refractivity contribution in [3.63, 3.8) is 0 Å². The van der Waals surface area contributed by atoms with Gasteiger partial charge in [-0.15, -0.1) is 0 Å². The fourth-order valence-corrected chi connectivity index (χ4v) is 2.63. The van der Waals surface area contributed by atoms with Crippen molar-refractivity contribution < 1.29 is 29.0 Å². The summed E-state index contributed by atoms with van der Waals surface area (Å²) in [7, 11) is 0. The number of esters is 2. The van der Waals surface area contributed by atoms with Gasteiger partial charge in [-0.2, -0.15) is 4.98 Å². The van der Waals surface area contributed by atoms with Gasteiger partial charge in [0.2, 0.25) is 0 Å². The number of hydrogen-bond acceptors (Lipinski definition) is 9. The summed E-state index contributed by atoms with van der Waals surface area (Å²) in [6, 6.07) is 0. The second-order valence-electron chi connectivity index (χ2n) is 5.59. The van der Waals surface area contributed by atoms with Crippen molar-refractivity contribution >= 4 is 17.8 Å². The second kappa shape index (κ2) is 8.08. The Labute approximate surface area is 143 Å². The highest BCUT2D eigenvalue weighted by Gasteiger charge is 2.39. The number of hydrogen-bond donors (Lipinski definition) is 2. The maximum atomic E-state index is 12.2. The Hall–Kier alpha value is -2.46. The Kier molecular flexibility index (Phi) is 6.10.